The Kier molecular flexibility index (Phi) is 7.02. The summed E-state index contributed by atoms with van der Waals surface area (Å²) in [6.07, 6.45) is 3.53. The van der Waals surface area contributed by atoms with Gasteiger partial charge in [-0.1, -0.05) is 33.1 Å². The molecule has 74 valence electrons. The number of hydrogen-bond donors (Lipinski definition) is 1. The summed E-state index contributed by atoms with van der Waals surface area (Å²) in [6, 6.07) is 0. The summed E-state index contributed by atoms with van der Waals surface area (Å²) in [5, 5.41) is 3.21. The standard InChI is InChI=1S/C9H13NO.C2H6/c1-3-8-7-10-5-6-11-9(8)4-2;1-2/h3-4,10H,1-2,5-7H2;1-2H3. The molecule has 0 aromatic carbocycles. The first-order valence-electron chi connectivity index (χ1n) is 4.70. The third-order valence-electron chi connectivity index (χ3n) is 1.60. The van der Waals surface area contributed by atoms with Crippen LogP contribution in [0.2, 0.25) is 0 Å². The van der Waals surface area contributed by atoms with Gasteiger partial charge in [0.25, 0.3) is 0 Å². The predicted molar refractivity (Wildman–Crippen MR) is 57.6 cm³/mol. The lowest BCUT2D eigenvalue weighted by Crippen LogP contribution is -2.17. The van der Waals surface area contributed by atoms with Crippen molar-refractivity contribution in [3.05, 3.63) is 36.6 Å². The van der Waals surface area contributed by atoms with Crippen molar-refractivity contribution in [3.8, 4) is 0 Å². The normalized spacial score (nSPS) is 16.2. The van der Waals surface area contributed by atoms with Gasteiger partial charge < -0.3 is 10.1 Å². The van der Waals surface area contributed by atoms with Gasteiger partial charge in [-0.25, -0.2) is 0 Å². The number of hydrogen-bond acceptors (Lipinski definition) is 2. The van der Waals surface area contributed by atoms with Crippen LogP contribution in [0.3, 0.4) is 0 Å². The fraction of sp³-hybridized carbons (Fsp3) is 0.455. The average molecular weight is 181 g/mol. The Bertz CT molecular complexity index is 174. The van der Waals surface area contributed by atoms with Gasteiger partial charge in [-0.05, 0) is 6.08 Å². The summed E-state index contributed by atoms with van der Waals surface area (Å²) in [5.41, 5.74) is 1.08. The number of ether oxygens (including phenoxy) is 1. The van der Waals surface area contributed by atoms with Crippen molar-refractivity contribution in [2.75, 3.05) is 19.7 Å². The first kappa shape index (κ1) is 12.0. The molecule has 0 aliphatic carbocycles. The van der Waals surface area contributed by atoms with E-state index >= 15 is 0 Å². The highest BCUT2D eigenvalue weighted by molar-refractivity contribution is 5.28. The van der Waals surface area contributed by atoms with Crippen molar-refractivity contribution in [2.24, 2.45) is 0 Å². The van der Waals surface area contributed by atoms with Crippen molar-refractivity contribution >= 4 is 0 Å². The van der Waals surface area contributed by atoms with Gasteiger partial charge in [-0.15, -0.1) is 0 Å². The quantitative estimate of drug-likeness (QED) is 0.705. The molecule has 1 aliphatic rings. The minimum Gasteiger partial charge on any atom is -0.492 e. The molecule has 0 fully saturated rings. The molecule has 0 saturated carbocycles. The van der Waals surface area contributed by atoms with Crippen LogP contribution >= 0.6 is 0 Å². The molecule has 0 radical (unpaired) electrons. The van der Waals surface area contributed by atoms with Gasteiger partial charge >= 0.3 is 0 Å². The predicted octanol–water partition coefficient (Wildman–Crippen LogP) is 2.26. The summed E-state index contributed by atoms with van der Waals surface area (Å²) < 4.78 is 5.38. The van der Waals surface area contributed by atoms with Crippen LogP contribution in [0.5, 0.6) is 0 Å². The molecule has 1 N–H and O–H groups in total. The van der Waals surface area contributed by atoms with Crippen LogP contribution < -0.4 is 5.32 Å². The molecule has 2 nitrogen and oxygen atoms in total. The fourth-order valence-electron chi connectivity index (χ4n) is 0.999. The van der Waals surface area contributed by atoms with E-state index in [-0.39, 0.29) is 0 Å². The van der Waals surface area contributed by atoms with E-state index in [4.69, 9.17) is 4.74 Å². The minimum atomic E-state index is 0.707. The van der Waals surface area contributed by atoms with Crippen LogP contribution in [0.25, 0.3) is 0 Å². The lowest BCUT2D eigenvalue weighted by atomic mass is 10.2. The summed E-state index contributed by atoms with van der Waals surface area (Å²) >= 11 is 0. The van der Waals surface area contributed by atoms with Crippen molar-refractivity contribution in [2.45, 2.75) is 13.8 Å². The molecule has 0 aromatic heterocycles. The highest BCUT2D eigenvalue weighted by Gasteiger charge is 2.05. The van der Waals surface area contributed by atoms with Crippen LogP contribution in [0, 0.1) is 0 Å². The molecule has 1 aliphatic heterocycles. The third kappa shape index (κ3) is 3.95. The van der Waals surface area contributed by atoms with Crippen LogP contribution in [0.1, 0.15) is 13.8 Å². The van der Waals surface area contributed by atoms with Crippen LogP contribution in [-0.4, -0.2) is 19.7 Å². The fourth-order valence-corrected chi connectivity index (χ4v) is 0.999. The zero-order chi connectivity index (χ0) is 10.1. The Hall–Kier alpha value is -1.02. The maximum atomic E-state index is 5.38. The molecule has 1 rings (SSSR count). The lowest BCUT2D eigenvalue weighted by molar-refractivity contribution is 0.232. The van der Waals surface area contributed by atoms with Crippen molar-refractivity contribution < 1.29 is 4.74 Å². The van der Waals surface area contributed by atoms with Gasteiger partial charge in [-0.3, -0.25) is 0 Å². The van der Waals surface area contributed by atoms with E-state index in [0.717, 1.165) is 24.4 Å². The number of allylic oxidation sites excluding steroid dienone is 1. The van der Waals surface area contributed by atoms with Crippen molar-refractivity contribution in [1.29, 1.82) is 0 Å². The van der Waals surface area contributed by atoms with Crippen LogP contribution in [0.4, 0.5) is 0 Å². The molecule has 0 spiro atoms. The highest BCUT2D eigenvalue weighted by Crippen LogP contribution is 2.09. The lowest BCUT2D eigenvalue weighted by Gasteiger charge is -2.03. The van der Waals surface area contributed by atoms with E-state index in [9.17, 15) is 0 Å². The van der Waals surface area contributed by atoms with Gasteiger partial charge in [0.05, 0.1) is 0 Å². The van der Waals surface area contributed by atoms with E-state index < -0.39 is 0 Å². The number of nitrogens with one attached hydrogen (secondary N) is 1. The Morgan fingerprint density at radius 1 is 1.31 bits per heavy atom. The summed E-state index contributed by atoms with van der Waals surface area (Å²) in [6.45, 7) is 13.8. The second-order valence-corrected chi connectivity index (χ2v) is 2.32. The summed E-state index contributed by atoms with van der Waals surface area (Å²) in [7, 11) is 0. The summed E-state index contributed by atoms with van der Waals surface area (Å²) in [5.74, 6) is 0.852. The topological polar surface area (TPSA) is 21.3 Å². The van der Waals surface area contributed by atoms with Gasteiger partial charge in [0.2, 0.25) is 0 Å². The smallest absolute Gasteiger partial charge is 0.123 e. The van der Waals surface area contributed by atoms with Crippen LogP contribution in [-0.2, 0) is 4.74 Å². The molecule has 1 heterocycles. The number of rotatable bonds is 2. The molecular formula is C11H19NO. The zero-order valence-electron chi connectivity index (χ0n) is 8.60. The van der Waals surface area contributed by atoms with E-state index in [1.807, 2.05) is 13.8 Å². The van der Waals surface area contributed by atoms with E-state index in [1.54, 1.807) is 12.2 Å². The van der Waals surface area contributed by atoms with Crippen molar-refractivity contribution in [3.63, 3.8) is 0 Å². The highest BCUT2D eigenvalue weighted by atomic mass is 16.5. The molecule has 0 bridgehead atoms. The maximum Gasteiger partial charge on any atom is 0.123 e. The molecule has 0 saturated heterocycles. The van der Waals surface area contributed by atoms with Gasteiger partial charge in [0.15, 0.2) is 0 Å². The largest absolute Gasteiger partial charge is 0.492 e. The molecule has 0 unspecified atom stereocenters. The molecule has 2 heteroatoms. The summed E-state index contributed by atoms with van der Waals surface area (Å²) in [4.78, 5) is 0. The van der Waals surface area contributed by atoms with Gasteiger partial charge in [0.1, 0.15) is 12.4 Å². The van der Waals surface area contributed by atoms with Gasteiger partial charge in [-0.2, -0.15) is 0 Å². The second-order valence-electron chi connectivity index (χ2n) is 2.32. The van der Waals surface area contributed by atoms with E-state index in [2.05, 4.69) is 18.5 Å². The van der Waals surface area contributed by atoms with Crippen molar-refractivity contribution in [1.82, 2.24) is 5.32 Å². The van der Waals surface area contributed by atoms with E-state index in [1.165, 1.54) is 0 Å². The second kappa shape index (κ2) is 7.62. The molecule has 0 aromatic rings. The van der Waals surface area contributed by atoms with Gasteiger partial charge in [0, 0.05) is 18.7 Å². The minimum absolute atomic E-state index is 0.707. The maximum absolute atomic E-state index is 5.38. The molecule has 0 atom stereocenters. The molecular weight excluding hydrogens is 162 g/mol. The Morgan fingerprint density at radius 3 is 2.54 bits per heavy atom. The first-order chi connectivity index (χ1) is 6.38. The third-order valence-corrected chi connectivity index (χ3v) is 1.60. The Labute approximate surface area is 81.0 Å². The average Bonchev–Trinajstić information content (AvgIpc) is 2.44. The molecule has 13 heavy (non-hydrogen) atoms. The Balaban J connectivity index is 0.000000671. The van der Waals surface area contributed by atoms with E-state index in [0.29, 0.717) is 6.61 Å². The monoisotopic (exact) mass is 181 g/mol. The first-order valence-corrected chi connectivity index (χ1v) is 4.70. The SMILES string of the molecule is C=CC1=C(C=C)OCCNC1.CC. The molecule has 0 amide bonds. The van der Waals surface area contributed by atoms with Crippen LogP contribution in [0.15, 0.2) is 36.6 Å². The Morgan fingerprint density at radius 2 is 2.00 bits per heavy atom. The zero-order valence-corrected chi connectivity index (χ0v) is 8.60.